The van der Waals surface area contributed by atoms with Crippen molar-refractivity contribution >= 4 is 22.8 Å². The summed E-state index contributed by atoms with van der Waals surface area (Å²) in [5.74, 6) is 0.372. The van der Waals surface area contributed by atoms with Crippen molar-refractivity contribution < 1.29 is 15.0 Å². The van der Waals surface area contributed by atoms with Gasteiger partial charge in [-0.05, 0) is 44.2 Å². The molecule has 1 heterocycles. The van der Waals surface area contributed by atoms with Crippen molar-refractivity contribution in [1.29, 1.82) is 0 Å². The smallest absolute Gasteiger partial charge is 0.251 e. The number of aliphatic hydroxyl groups is 2. The van der Waals surface area contributed by atoms with Crippen molar-refractivity contribution in [1.82, 2.24) is 15.3 Å². The molecule has 25 heavy (non-hydrogen) atoms. The molecule has 1 aliphatic carbocycles. The number of carbonyl (C=O) groups is 1. The van der Waals surface area contributed by atoms with Gasteiger partial charge < -0.3 is 20.8 Å². The van der Waals surface area contributed by atoms with E-state index in [0.717, 1.165) is 31.1 Å². The van der Waals surface area contributed by atoms with E-state index in [1.807, 2.05) is 6.07 Å². The third-order valence-corrected chi connectivity index (χ3v) is 4.50. The standard InChI is InChI=1S/C18H24N4O3/c23-9-1-8-19-17(25)12-2-3-13-11-20-18(22-16(13)10-12)21-14-4-6-15(24)7-5-14/h2-3,10-11,14-15,23-24H,1,4-9H2,(H,19,25)(H,20,21,22)/t14-,15-. The first-order chi connectivity index (χ1) is 12.2. The summed E-state index contributed by atoms with van der Waals surface area (Å²) in [7, 11) is 0. The molecule has 1 saturated carbocycles. The van der Waals surface area contributed by atoms with Crippen LogP contribution >= 0.6 is 0 Å². The Balaban J connectivity index is 1.71. The van der Waals surface area contributed by atoms with Crippen LogP contribution in [0.3, 0.4) is 0 Å². The Morgan fingerprint density at radius 2 is 2.04 bits per heavy atom. The lowest BCUT2D eigenvalue weighted by atomic mass is 9.93. The largest absolute Gasteiger partial charge is 0.396 e. The van der Waals surface area contributed by atoms with Gasteiger partial charge in [0.1, 0.15) is 0 Å². The number of nitrogens with one attached hydrogen (secondary N) is 2. The van der Waals surface area contributed by atoms with E-state index >= 15 is 0 Å². The number of fused-ring (bicyclic) bond motifs is 1. The van der Waals surface area contributed by atoms with Gasteiger partial charge >= 0.3 is 0 Å². The van der Waals surface area contributed by atoms with Gasteiger partial charge in [0.15, 0.2) is 0 Å². The Labute approximate surface area is 146 Å². The second kappa shape index (κ2) is 8.22. The van der Waals surface area contributed by atoms with Gasteiger partial charge in [0.25, 0.3) is 5.91 Å². The van der Waals surface area contributed by atoms with Crippen LogP contribution in [-0.4, -0.2) is 51.4 Å². The molecular weight excluding hydrogens is 320 g/mol. The van der Waals surface area contributed by atoms with Crippen LogP contribution in [0.25, 0.3) is 10.9 Å². The fourth-order valence-corrected chi connectivity index (χ4v) is 3.02. The molecule has 7 nitrogen and oxygen atoms in total. The molecule has 0 spiro atoms. The lowest BCUT2D eigenvalue weighted by Gasteiger charge is -2.26. The Morgan fingerprint density at radius 3 is 2.80 bits per heavy atom. The SMILES string of the molecule is O=C(NCCCO)c1ccc2cnc(N[C@H]3CC[C@H](O)CC3)nc2c1. The average molecular weight is 344 g/mol. The van der Waals surface area contributed by atoms with Gasteiger partial charge in [-0.3, -0.25) is 4.79 Å². The molecule has 0 saturated heterocycles. The molecule has 2 aromatic rings. The third kappa shape index (κ3) is 4.64. The lowest BCUT2D eigenvalue weighted by molar-refractivity contribution is 0.0951. The van der Waals surface area contributed by atoms with Gasteiger partial charge in [-0.15, -0.1) is 0 Å². The minimum Gasteiger partial charge on any atom is -0.396 e. The highest BCUT2D eigenvalue weighted by atomic mass is 16.3. The highest BCUT2D eigenvalue weighted by molar-refractivity contribution is 5.97. The van der Waals surface area contributed by atoms with Gasteiger partial charge in [0.05, 0.1) is 11.6 Å². The number of aromatic nitrogens is 2. The van der Waals surface area contributed by atoms with E-state index in [-0.39, 0.29) is 24.7 Å². The summed E-state index contributed by atoms with van der Waals surface area (Å²) < 4.78 is 0. The van der Waals surface area contributed by atoms with Gasteiger partial charge in [-0.25, -0.2) is 9.97 Å². The molecule has 0 bridgehead atoms. The molecule has 0 unspecified atom stereocenters. The van der Waals surface area contributed by atoms with Gasteiger partial charge in [-0.2, -0.15) is 0 Å². The normalized spacial score (nSPS) is 20.4. The second-order valence-electron chi connectivity index (χ2n) is 6.45. The maximum Gasteiger partial charge on any atom is 0.251 e. The molecule has 3 rings (SSSR count). The number of hydrogen-bond acceptors (Lipinski definition) is 6. The van der Waals surface area contributed by atoms with Crippen LogP contribution in [0.4, 0.5) is 5.95 Å². The fraction of sp³-hybridized carbons (Fsp3) is 0.500. The number of carbonyl (C=O) groups excluding carboxylic acids is 1. The first-order valence-corrected chi connectivity index (χ1v) is 8.76. The number of nitrogens with zero attached hydrogens (tertiary/aromatic N) is 2. The van der Waals surface area contributed by atoms with Crippen molar-refractivity contribution in [2.24, 2.45) is 0 Å². The molecule has 0 radical (unpaired) electrons. The van der Waals surface area contributed by atoms with Gasteiger partial charge in [0, 0.05) is 36.3 Å². The van der Waals surface area contributed by atoms with Gasteiger partial charge in [0.2, 0.25) is 5.95 Å². The van der Waals surface area contributed by atoms with Crippen molar-refractivity contribution in [3.05, 3.63) is 30.0 Å². The van der Waals surface area contributed by atoms with E-state index < -0.39 is 0 Å². The first-order valence-electron chi connectivity index (χ1n) is 8.76. The van der Waals surface area contributed by atoms with Gasteiger partial charge in [-0.1, -0.05) is 6.07 Å². The predicted molar refractivity (Wildman–Crippen MR) is 95.5 cm³/mol. The Bertz CT molecular complexity index is 729. The number of hydrogen-bond donors (Lipinski definition) is 4. The lowest BCUT2D eigenvalue weighted by Crippen LogP contribution is -2.28. The molecule has 0 atom stereocenters. The molecule has 1 fully saturated rings. The Kier molecular flexibility index (Phi) is 5.78. The maximum atomic E-state index is 12.1. The molecule has 4 N–H and O–H groups in total. The second-order valence-corrected chi connectivity index (χ2v) is 6.45. The van der Waals surface area contributed by atoms with Crippen molar-refractivity contribution in [2.75, 3.05) is 18.5 Å². The summed E-state index contributed by atoms with van der Waals surface area (Å²) in [6.45, 7) is 0.496. The predicted octanol–water partition coefficient (Wildman–Crippen LogP) is 1.46. The Hall–Kier alpha value is -2.25. The van der Waals surface area contributed by atoms with E-state index in [9.17, 15) is 9.90 Å². The maximum absolute atomic E-state index is 12.1. The van der Waals surface area contributed by atoms with Crippen LogP contribution in [0, 0.1) is 0 Å². The summed E-state index contributed by atoms with van der Waals surface area (Å²) in [4.78, 5) is 21.0. The summed E-state index contributed by atoms with van der Waals surface area (Å²) in [5.41, 5.74) is 1.25. The third-order valence-electron chi connectivity index (χ3n) is 4.50. The van der Waals surface area contributed by atoms with E-state index in [2.05, 4.69) is 20.6 Å². The van der Waals surface area contributed by atoms with E-state index in [4.69, 9.17) is 5.11 Å². The van der Waals surface area contributed by atoms with Crippen LogP contribution in [0.15, 0.2) is 24.4 Å². The van der Waals surface area contributed by atoms with Crippen LogP contribution in [0.2, 0.25) is 0 Å². The van der Waals surface area contributed by atoms with E-state index in [1.54, 1.807) is 18.3 Å². The Morgan fingerprint density at radius 1 is 1.24 bits per heavy atom. The van der Waals surface area contributed by atoms with Crippen molar-refractivity contribution in [2.45, 2.75) is 44.2 Å². The first kappa shape index (κ1) is 17.6. The molecule has 0 aliphatic heterocycles. The topological polar surface area (TPSA) is 107 Å². The zero-order valence-corrected chi connectivity index (χ0v) is 14.1. The van der Waals surface area contributed by atoms with Crippen molar-refractivity contribution in [3.63, 3.8) is 0 Å². The van der Waals surface area contributed by atoms with Crippen molar-refractivity contribution in [3.8, 4) is 0 Å². The summed E-state index contributed by atoms with van der Waals surface area (Å²) in [5, 5.41) is 25.3. The molecule has 7 heteroatoms. The number of amides is 1. The van der Waals surface area contributed by atoms with Crippen LogP contribution in [0.5, 0.6) is 0 Å². The number of benzene rings is 1. The number of aliphatic hydroxyl groups excluding tert-OH is 2. The van der Waals surface area contributed by atoms with Crippen LogP contribution in [0.1, 0.15) is 42.5 Å². The zero-order valence-electron chi connectivity index (χ0n) is 14.1. The summed E-state index contributed by atoms with van der Waals surface area (Å²) in [6.07, 6.45) is 5.47. The minimum atomic E-state index is -0.192. The molecular formula is C18H24N4O3. The fourth-order valence-electron chi connectivity index (χ4n) is 3.02. The quantitative estimate of drug-likeness (QED) is 0.591. The number of rotatable bonds is 6. The highest BCUT2D eigenvalue weighted by Crippen LogP contribution is 2.22. The molecule has 1 aromatic heterocycles. The average Bonchev–Trinajstić information content (AvgIpc) is 2.63. The van der Waals surface area contributed by atoms with E-state index in [1.165, 1.54) is 0 Å². The van der Waals surface area contributed by atoms with Crippen LogP contribution < -0.4 is 10.6 Å². The van der Waals surface area contributed by atoms with E-state index in [0.29, 0.717) is 30.0 Å². The molecule has 1 amide bonds. The minimum absolute atomic E-state index is 0.0540. The molecule has 1 aromatic carbocycles. The number of anilines is 1. The molecule has 134 valence electrons. The highest BCUT2D eigenvalue weighted by Gasteiger charge is 2.19. The summed E-state index contributed by atoms with van der Waals surface area (Å²) >= 11 is 0. The summed E-state index contributed by atoms with van der Waals surface area (Å²) in [6, 6.07) is 5.60. The van der Waals surface area contributed by atoms with Crippen LogP contribution in [-0.2, 0) is 0 Å². The zero-order chi connectivity index (χ0) is 17.6. The molecule has 1 aliphatic rings. The monoisotopic (exact) mass is 344 g/mol.